The highest BCUT2D eigenvalue weighted by molar-refractivity contribution is 7.09. The Kier molecular flexibility index (Phi) is 7.07. The Morgan fingerprint density at radius 2 is 1.77 bits per heavy atom. The minimum Gasteiger partial charge on any atom is -0.483 e. The van der Waals surface area contributed by atoms with E-state index in [0.29, 0.717) is 10.7 Å². The average molecular weight is 434 g/mol. The molecule has 1 fully saturated rings. The zero-order valence-corrected chi connectivity index (χ0v) is 18.4. The van der Waals surface area contributed by atoms with E-state index in [4.69, 9.17) is 4.74 Å². The maximum Gasteiger partial charge on any atom is 0.270 e. The Morgan fingerprint density at radius 1 is 1.13 bits per heavy atom. The second kappa shape index (κ2) is 9.55. The molecule has 1 aromatic heterocycles. The van der Waals surface area contributed by atoms with Gasteiger partial charge in [-0.25, -0.2) is 9.37 Å². The molecule has 1 aliphatic rings. The van der Waals surface area contributed by atoms with Crippen molar-refractivity contribution in [2.75, 3.05) is 0 Å². The molecule has 1 saturated carbocycles. The van der Waals surface area contributed by atoms with Crippen LogP contribution in [0, 0.1) is 11.2 Å². The highest BCUT2D eigenvalue weighted by Crippen LogP contribution is 2.22. The first-order chi connectivity index (χ1) is 14.2. The van der Waals surface area contributed by atoms with Crippen LogP contribution in [0.4, 0.5) is 4.39 Å². The van der Waals surface area contributed by atoms with Gasteiger partial charge in [-0.05, 0) is 37.8 Å². The molecule has 3 rings (SSSR count). The Labute approximate surface area is 180 Å². The number of halogens is 1. The highest BCUT2D eigenvalue weighted by Gasteiger charge is 2.28. The first-order valence-electron chi connectivity index (χ1n) is 10.2. The molecule has 2 amide bonds. The molecule has 0 bridgehead atoms. The van der Waals surface area contributed by atoms with Crippen LogP contribution >= 0.6 is 11.3 Å². The van der Waals surface area contributed by atoms with E-state index in [9.17, 15) is 14.0 Å². The van der Waals surface area contributed by atoms with Gasteiger partial charge in [0.2, 0.25) is 5.91 Å². The highest BCUT2D eigenvalue weighted by atomic mass is 32.1. The number of nitrogens with one attached hydrogen (secondary N) is 2. The van der Waals surface area contributed by atoms with Crippen molar-refractivity contribution in [1.82, 2.24) is 15.6 Å². The molecule has 0 saturated heterocycles. The minimum atomic E-state index is -0.429. The third kappa shape index (κ3) is 6.01. The Morgan fingerprint density at radius 3 is 2.40 bits per heavy atom. The molecule has 6 nitrogen and oxygen atoms in total. The molecule has 1 aliphatic carbocycles. The molecule has 0 aliphatic heterocycles. The number of amides is 2. The topological polar surface area (TPSA) is 80.3 Å². The second-order valence-electron chi connectivity index (χ2n) is 8.59. The number of rotatable bonds is 6. The summed E-state index contributed by atoms with van der Waals surface area (Å²) in [6.45, 7) is 5.81. The quantitative estimate of drug-likeness (QED) is 0.720. The summed E-state index contributed by atoms with van der Waals surface area (Å²) in [6, 6.07) is 6.41. The third-order valence-corrected chi connectivity index (χ3v) is 5.87. The number of para-hydroxylation sites is 1. The lowest BCUT2D eigenvalue weighted by Gasteiger charge is -2.31. The number of hydrogen-bond acceptors (Lipinski definition) is 5. The molecular weight excluding hydrogens is 405 g/mol. The summed E-state index contributed by atoms with van der Waals surface area (Å²) in [5.74, 6) is -0.427. The van der Waals surface area contributed by atoms with Gasteiger partial charge in [-0.1, -0.05) is 32.9 Å². The first kappa shape index (κ1) is 22.2. The fourth-order valence-corrected chi connectivity index (χ4v) is 3.91. The minimum absolute atomic E-state index is 0.0580. The van der Waals surface area contributed by atoms with Gasteiger partial charge in [-0.15, -0.1) is 11.3 Å². The monoisotopic (exact) mass is 433 g/mol. The number of ether oxygens (including phenoxy) is 1. The number of thiazole rings is 1. The first-order valence-corrected chi connectivity index (χ1v) is 11.0. The summed E-state index contributed by atoms with van der Waals surface area (Å²) < 4.78 is 19.1. The van der Waals surface area contributed by atoms with Crippen molar-refractivity contribution in [2.45, 2.75) is 65.1 Å². The zero-order chi connectivity index (χ0) is 21.7. The third-order valence-electron chi connectivity index (χ3n) is 5.05. The van der Waals surface area contributed by atoms with Crippen LogP contribution in [-0.4, -0.2) is 28.9 Å². The lowest BCUT2D eigenvalue weighted by atomic mass is 9.89. The van der Waals surface area contributed by atoms with Crippen molar-refractivity contribution in [2.24, 2.45) is 5.41 Å². The number of carbonyl (C=O) groups is 2. The van der Waals surface area contributed by atoms with E-state index in [1.54, 1.807) is 23.6 Å². The summed E-state index contributed by atoms with van der Waals surface area (Å²) >= 11 is 1.31. The lowest BCUT2D eigenvalue weighted by Crippen LogP contribution is -2.46. The van der Waals surface area contributed by atoms with Crippen LogP contribution in [0.15, 0.2) is 29.6 Å². The van der Waals surface area contributed by atoms with Gasteiger partial charge < -0.3 is 15.4 Å². The van der Waals surface area contributed by atoms with E-state index < -0.39 is 11.2 Å². The maximum atomic E-state index is 13.6. The lowest BCUT2D eigenvalue weighted by molar-refractivity contribution is -0.129. The van der Waals surface area contributed by atoms with E-state index in [1.807, 2.05) is 20.8 Å². The summed E-state index contributed by atoms with van der Waals surface area (Å²) in [4.78, 5) is 28.9. The van der Waals surface area contributed by atoms with Gasteiger partial charge in [-0.3, -0.25) is 9.59 Å². The van der Waals surface area contributed by atoms with Crippen molar-refractivity contribution in [1.29, 1.82) is 0 Å². The van der Waals surface area contributed by atoms with Gasteiger partial charge in [-0.2, -0.15) is 0 Å². The second-order valence-corrected chi connectivity index (χ2v) is 9.53. The molecule has 0 radical (unpaired) electrons. The molecule has 1 heterocycles. The Balaban J connectivity index is 1.45. The number of benzene rings is 1. The summed E-state index contributed by atoms with van der Waals surface area (Å²) in [7, 11) is 0. The van der Waals surface area contributed by atoms with Crippen LogP contribution in [0.25, 0.3) is 0 Å². The van der Waals surface area contributed by atoms with E-state index in [1.165, 1.54) is 17.4 Å². The molecular formula is C22H28FN3O3S. The molecule has 162 valence electrons. The van der Waals surface area contributed by atoms with Gasteiger partial charge in [0, 0.05) is 22.9 Å². The van der Waals surface area contributed by atoms with Gasteiger partial charge in [0.05, 0.1) is 0 Å². The van der Waals surface area contributed by atoms with Crippen LogP contribution in [-0.2, 0) is 11.4 Å². The van der Waals surface area contributed by atoms with Gasteiger partial charge in [0.15, 0.2) is 11.6 Å². The molecule has 0 atom stereocenters. The molecule has 0 unspecified atom stereocenters. The van der Waals surface area contributed by atoms with E-state index in [2.05, 4.69) is 15.6 Å². The summed E-state index contributed by atoms with van der Waals surface area (Å²) in [5, 5.41) is 8.42. The molecule has 8 heteroatoms. The largest absolute Gasteiger partial charge is 0.483 e. The summed E-state index contributed by atoms with van der Waals surface area (Å²) in [5.41, 5.74) is -0.0566. The molecule has 1 aromatic carbocycles. The normalized spacial score (nSPS) is 19.2. The van der Waals surface area contributed by atoms with Crippen LogP contribution in [0.2, 0.25) is 0 Å². The van der Waals surface area contributed by atoms with Gasteiger partial charge in [0.25, 0.3) is 5.91 Å². The zero-order valence-electron chi connectivity index (χ0n) is 17.5. The summed E-state index contributed by atoms with van der Waals surface area (Å²) in [6.07, 6.45) is 3.31. The van der Waals surface area contributed by atoms with Crippen molar-refractivity contribution in [3.05, 3.63) is 46.2 Å². The van der Waals surface area contributed by atoms with Crippen molar-refractivity contribution in [3.63, 3.8) is 0 Å². The SMILES string of the molecule is CC(C)(C)C(=O)NC1CCC(NC(=O)c2csc(COc3ccccc3F)n2)CC1. The standard InChI is InChI=1S/C22H28FN3O3S/c1-22(2,3)21(28)25-15-10-8-14(9-11-15)24-20(27)17-13-30-19(26-17)12-29-18-7-5-4-6-16(18)23/h4-7,13-15H,8-12H2,1-3H3,(H,24,27)(H,25,28). The molecule has 0 spiro atoms. The predicted octanol–water partition coefficient (Wildman–Crippen LogP) is 4.06. The van der Waals surface area contributed by atoms with Crippen LogP contribution in [0.1, 0.15) is 62.0 Å². The van der Waals surface area contributed by atoms with Gasteiger partial charge >= 0.3 is 0 Å². The fraction of sp³-hybridized carbons (Fsp3) is 0.500. The van der Waals surface area contributed by atoms with Crippen molar-refractivity contribution >= 4 is 23.2 Å². The van der Waals surface area contributed by atoms with Crippen molar-refractivity contribution in [3.8, 4) is 5.75 Å². The van der Waals surface area contributed by atoms with Crippen LogP contribution in [0.5, 0.6) is 5.75 Å². The van der Waals surface area contributed by atoms with Crippen LogP contribution in [0.3, 0.4) is 0 Å². The maximum absolute atomic E-state index is 13.6. The average Bonchev–Trinajstić information content (AvgIpc) is 3.17. The predicted molar refractivity (Wildman–Crippen MR) is 114 cm³/mol. The molecule has 2 N–H and O–H groups in total. The molecule has 2 aromatic rings. The van der Waals surface area contributed by atoms with E-state index in [-0.39, 0.29) is 36.3 Å². The number of aromatic nitrogens is 1. The Hall–Kier alpha value is -2.48. The van der Waals surface area contributed by atoms with Gasteiger partial charge in [0.1, 0.15) is 17.3 Å². The molecule has 30 heavy (non-hydrogen) atoms. The Bertz CT molecular complexity index is 886. The van der Waals surface area contributed by atoms with Crippen LogP contribution < -0.4 is 15.4 Å². The number of hydrogen-bond donors (Lipinski definition) is 2. The number of carbonyl (C=O) groups excluding carboxylic acids is 2. The van der Waals surface area contributed by atoms with E-state index >= 15 is 0 Å². The smallest absolute Gasteiger partial charge is 0.270 e. The van der Waals surface area contributed by atoms with Crippen molar-refractivity contribution < 1.29 is 18.7 Å². The fourth-order valence-electron chi connectivity index (χ4n) is 3.23. The number of nitrogens with zero attached hydrogens (tertiary/aromatic N) is 1. The van der Waals surface area contributed by atoms with E-state index in [0.717, 1.165) is 25.7 Å².